The predicted octanol–water partition coefficient (Wildman–Crippen LogP) is 4.61. The largest absolute Gasteiger partial charge is 0.437 e. The number of ketones is 1. The smallest absolute Gasteiger partial charge is 0.420 e. The van der Waals surface area contributed by atoms with Crippen molar-refractivity contribution in [2.75, 3.05) is 49.1 Å². The highest BCUT2D eigenvalue weighted by molar-refractivity contribution is 5.96. The van der Waals surface area contributed by atoms with Crippen molar-refractivity contribution in [1.29, 1.82) is 0 Å². The van der Waals surface area contributed by atoms with Gasteiger partial charge in [0, 0.05) is 51.9 Å². The number of rotatable bonds is 6. The van der Waals surface area contributed by atoms with Crippen molar-refractivity contribution in [1.82, 2.24) is 14.9 Å². The van der Waals surface area contributed by atoms with Gasteiger partial charge in [0.1, 0.15) is 11.6 Å². The first-order chi connectivity index (χ1) is 18.7. The molecule has 5 rings (SSSR count). The topological polar surface area (TPSA) is 82.8 Å². The van der Waals surface area contributed by atoms with E-state index in [0.29, 0.717) is 50.6 Å². The number of nitrogens with zero attached hydrogens (tertiary/aromatic N) is 5. The molecule has 2 aliphatic rings. The van der Waals surface area contributed by atoms with Crippen molar-refractivity contribution in [2.24, 2.45) is 0 Å². The molecule has 12 heteroatoms. The number of oxazole rings is 1. The number of carbonyl (C=O) groups excluding carboxylic acids is 2. The number of Topliss-reactive ketones (excluding diaryl/α,β-unsaturated/α-hetero) is 1. The van der Waals surface area contributed by atoms with E-state index in [0.717, 1.165) is 19.3 Å². The molecule has 3 aromatic rings. The van der Waals surface area contributed by atoms with Gasteiger partial charge in [-0.15, -0.1) is 0 Å². The van der Waals surface area contributed by atoms with E-state index >= 15 is 0 Å². The zero-order chi connectivity index (χ0) is 27.6. The van der Waals surface area contributed by atoms with Gasteiger partial charge in [-0.05, 0) is 43.0 Å². The van der Waals surface area contributed by atoms with E-state index in [1.807, 2.05) is 4.90 Å². The number of hydrogen-bond acceptors (Lipinski definition) is 7. The molecule has 0 saturated carbocycles. The van der Waals surface area contributed by atoms with Crippen LogP contribution in [0.15, 0.2) is 47.0 Å². The normalized spacial score (nSPS) is 16.5. The molecule has 1 amide bonds. The Morgan fingerprint density at radius 2 is 1.62 bits per heavy atom. The minimum Gasteiger partial charge on any atom is -0.420 e. The molecule has 0 aliphatic carbocycles. The van der Waals surface area contributed by atoms with Crippen LogP contribution in [0.25, 0.3) is 0 Å². The summed E-state index contributed by atoms with van der Waals surface area (Å²) in [5, 5.41) is 0. The number of aromatic nitrogens is 2. The highest BCUT2D eigenvalue weighted by Crippen LogP contribution is 2.35. The second kappa shape index (κ2) is 11.0. The van der Waals surface area contributed by atoms with Crippen LogP contribution in [-0.2, 0) is 12.6 Å². The Labute approximate surface area is 222 Å². The predicted molar refractivity (Wildman–Crippen MR) is 134 cm³/mol. The molecule has 206 valence electrons. The van der Waals surface area contributed by atoms with Gasteiger partial charge >= 0.3 is 6.18 Å². The van der Waals surface area contributed by atoms with Gasteiger partial charge in [-0.2, -0.15) is 18.2 Å². The Kier molecular flexibility index (Phi) is 7.53. The quantitative estimate of drug-likeness (QED) is 0.331. The van der Waals surface area contributed by atoms with Crippen molar-refractivity contribution >= 4 is 23.5 Å². The van der Waals surface area contributed by atoms with Crippen LogP contribution in [0.3, 0.4) is 0 Å². The van der Waals surface area contributed by atoms with Crippen LogP contribution < -0.4 is 9.80 Å². The van der Waals surface area contributed by atoms with Gasteiger partial charge in [-0.1, -0.05) is 18.2 Å². The number of halogens is 4. The molecule has 0 N–H and O–H groups in total. The number of hydrogen-bond donors (Lipinski definition) is 0. The maximum Gasteiger partial charge on any atom is 0.437 e. The number of carbonyl (C=O) groups is 2. The molecule has 0 atom stereocenters. The van der Waals surface area contributed by atoms with Crippen molar-refractivity contribution < 1.29 is 31.6 Å². The lowest BCUT2D eigenvalue weighted by Crippen LogP contribution is -2.49. The lowest BCUT2D eigenvalue weighted by Gasteiger charge is -2.35. The Bertz CT molecular complexity index is 1330. The summed E-state index contributed by atoms with van der Waals surface area (Å²) < 4.78 is 60.2. The molecule has 2 saturated heterocycles. The first-order valence-corrected chi connectivity index (χ1v) is 12.8. The van der Waals surface area contributed by atoms with Gasteiger partial charge < -0.3 is 19.1 Å². The van der Waals surface area contributed by atoms with Gasteiger partial charge in [0.15, 0.2) is 5.69 Å². The monoisotopic (exact) mass is 545 g/mol. The minimum absolute atomic E-state index is 0.0292. The molecule has 2 aromatic heterocycles. The van der Waals surface area contributed by atoms with Crippen LogP contribution in [0.5, 0.6) is 0 Å². The van der Waals surface area contributed by atoms with Crippen molar-refractivity contribution in [3.05, 3.63) is 71.0 Å². The summed E-state index contributed by atoms with van der Waals surface area (Å²) in [6.45, 7) is 2.75. The molecule has 8 nitrogen and oxygen atoms in total. The number of alkyl halides is 3. The zero-order valence-corrected chi connectivity index (χ0v) is 21.1. The van der Waals surface area contributed by atoms with E-state index in [1.165, 1.54) is 24.4 Å². The Hall–Kier alpha value is -3.96. The van der Waals surface area contributed by atoms with Crippen LogP contribution in [0.2, 0.25) is 0 Å². The zero-order valence-electron chi connectivity index (χ0n) is 21.1. The van der Waals surface area contributed by atoms with Crippen LogP contribution in [0, 0.1) is 5.82 Å². The van der Waals surface area contributed by atoms with E-state index in [1.54, 1.807) is 28.0 Å². The highest BCUT2D eigenvalue weighted by Gasteiger charge is 2.41. The third-order valence-corrected chi connectivity index (χ3v) is 6.93. The van der Waals surface area contributed by atoms with E-state index in [9.17, 15) is 27.2 Å². The van der Waals surface area contributed by atoms with Gasteiger partial charge in [-0.25, -0.2) is 9.37 Å². The van der Waals surface area contributed by atoms with Crippen LogP contribution in [0.4, 0.5) is 29.4 Å². The van der Waals surface area contributed by atoms with Crippen LogP contribution in [-0.4, -0.2) is 65.8 Å². The van der Waals surface area contributed by atoms with Crippen molar-refractivity contribution in [3.8, 4) is 0 Å². The summed E-state index contributed by atoms with van der Waals surface area (Å²) in [6, 6.07) is 8.99. The number of piperidine rings is 1. The number of amides is 1. The van der Waals surface area contributed by atoms with Crippen molar-refractivity contribution in [2.45, 2.75) is 31.9 Å². The Morgan fingerprint density at radius 1 is 0.897 bits per heavy atom. The highest BCUT2D eigenvalue weighted by atomic mass is 19.4. The standard InChI is InChI=1S/C27H27F4N5O3/c28-20-7-3-2-6-19(20)25(38)35-14-12-34(13-15-35)22-9-8-18(17-32-22)16-21(37)23-24(27(29,30)31)33-26(39-23)36-10-4-1-5-11-36/h2-3,6-9,17H,1,4-5,10-16H2. The molecule has 0 unspecified atom stereocenters. The SMILES string of the molecule is O=C(Cc1ccc(N2CCN(C(=O)c3ccccc3F)CC2)nc1)c1oc(N2CCCCC2)nc1C(F)(F)F. The molecule has 0 bridgehead atoms. The summed E-state index contributed by atoms with van der Waals surface area (Å²) in [6.07, 6.45) is -1.07. The van der Waals surface area contributed by atoms with E-state index in [-0.39, 0.29) is 23.9 Å². The average Bonchev–Trinajstić information content (AvgIpc) is 3.41. The fourth-order valence-electron chi connectivity index (χ4n) is 4.83. The second-order valence-electron chi connectivity index (χ2n) is 9.60. The first-order valence-electron chi connectivity index (χ1n) is 12.8. The third kappa shape index (κ3) is 5.89. The summed E-state index contributed by atoms with van der Waals surface area (Å²) in [7, 11) is 0. The summed E-state index contributed by atoms with van der Waals surface area (Å²) in [5.41, 5.74) is -0.844. The maximum absolute atomic E-state index is 14.0. The van der Waals surface area contributed by atoms with Gasteiger partial charge in [0.05, 0.1) is 5.56 Å². The molecule has 0 spiro atoms. The maximum atomic E-state index is 14.0. The molecule has 39 heavy (non-hydrogen) atoms. The van der Waals surface area contributed by atoms with Gasteiger partial charge in [-0.3, -0.25) is 9.59 Å². The lowest BCUT2D eigenvalue weighted by molar-refractivity contribution is -0.141. The fraction of sp³-hybridized carbons (Fsp3) is 0.407. The van der Waals surface area contributed by atoms with Crippen LogP contribution >= 0.6 is 0 Å². The summed E-state index contributed by atoms with van der Waals surface area (Å²) in [5.74, 6) is -1.95. The Balaban J connectivity index is 1.22. The number of benzene rings is 1. The molecule has 2 aliphatic heterocycles. The number of piperazine rings is 1. The molecule has 0 radical (unpaired) electrons. The van der Waals surface area contributed by atoms with E-state index in [2.05, 4.69) is 9.97 Å². The fourth-order valence-corrected chi connectivity index (χ4v) is 4.83. The minimum atomic E-state index is -4.82. The molecular weight excluding hydrogens is 518 g/mol. The molecule has 2 fully saturated rings. The average molecular weight is 546 g/mol. The molecule has 4 heterocycles. The van der Waals surface area contributed by atoms with E-state index < -0.39 is 29.2 Å². The van der Waals surface area contributed by atoms with Gasteiger partial charge in [0.2, 0.25) is 11.5 Å². The number of anilines is 2. The Morgan fingerprint density at radius 3 is 2.26 bits per heavy atom. The molecular formula is C27H27F4N5O3. The van der Waals surface area contributed by atoms with Crippen LogP contribution in [0.1, 0.15) is 51.4 Å². The molecule has 1 aromatic carbocycles. The van der Waals surface area contributed by atoms with E-state index in [4.69, 9.17) is 4.42 Å². The van der Waals surface area contributed by atoms with Crippen molar-refractivity contribution in [3.63, 3.8) is 0 Å². The lowest BCUT2D eigenvalue weighted by atomic mass is 10.1. The third-order valence-electron chi connectivity index (χ3n) is 6.93. The first kappa shape index (κ1) is 26.6. The second-order valence-corrected chi connectivity index (χ2v) is 9.60. The number of pyridine rings is 1. The van der Waals surface area contributed by atoms with Gasteiger partial charge in [0.25, 0.3) is 11.9 Å². The summed E-state index contributed by atoms with van der Waals surface area (Å²) in [4.78, 5) is 38.7. The summed E-state index contributed by atoms with van der Waals surface area (Å²) >= 11 is 0.